The number of para-hydroxylation sites is 1. The summed E-state index contributed by atoms with van der Waals surface area (Å²) >= 11 is 0. The molecular formula is C17H14F2N4O3. The highest BCUT2D eigenvalue weighted by molar-refractivity contribution is 6.06. The SMILES string of the molecule is COc1cccc(C(=O)Nc2ccc(-n3cncn3)cc2)c1OC(F)F. The summed E-state index contributed by atoms with van der Waals surface area (Å²) in [6.07, 6.45) is 2.95. The first-order chi connectivity index (χ1) is 12.6. The molecule has 3 rings (SSSR count). The minimum absolute atomic E-state index is 0.0412. The van der Waals surface area contributed by atoms with Crippen LogP contribution in [0.1, 0.15) is 10.4 Å². The molecule has 0 aliphatic rings. The number of hydrogen-bond acceptors (Lipinski definition) is 5. The fraction of sp³-hybridized carbons (Fsp3) is 0.118. The van der Waals surface area contributed by atoms with Crippen molar-refractivity contribution in [2.45, 2.75) is 6.61 Å². The van der Waals surface area contributed by atoms with E-state index in [-0.39, 0.29) is 17.1 Å². The zero-order valence-electron chi connectivity index (χ0n) is 13.6. The molecule has 7 nitrogen and oxygen atoms in total. The van der Waals surface area contributed by atoms with Crippen LogP contribution in [-0.4, -0.2) is 34.4 Å². The van der Waals surface area contributed by atoms with Gasteiger partial charge in [-0.1, -0.05) is 6.07 Å². The van der Waals surface area contributed by atoms with Gasteiger partial charge in [-0.05, 0) is 36.4 Å². The van der Waals surface area contributed by atoms with Crippen molar-refractivity contribution in [3.05, 3.63) is 60.7 Å². The summed E-state index contributed by atoms with van der Waals surface area (Å²) in [6.45, 7) is -3.08. The number of alkyl halides is 2. The number of ether oxygens (including phenoxy) is 2. The summed E-state index contributed by atoms with van der Waals surface area (Å²) in [7, 11) is 1.30. The van der Waals surface area contributed by atoms with Crippen LogP contribution in [0.4, 0.5) is 14.5 Å². The van der Waals surface area contributed by atoms with Crippen molar-refractivity contribution >= 4 is 11.6 Å². The maximum Gasteiger partial charge on any atom is 0.387 e. The molecule has 1 N–H and O–H groups in total. The van der Waals surface area contributed by atoms with E-state index in [4.69, 9.17) is 4.74 Å². The number of halogens is 2. The number of hydrogen-bond donors (Lipinski definition) is 1. The number of amides is 1. The summed E-state index contributed by atoms with van der Waals surface area (Å²) in [5, 5.41) is 6.63. The summed E-state index contributed by atoms with van der Waals surface area (Å²) in [5.74, 6) is -0.880. The molecule has 0 fully saturated rings. The predicted octanol–water partition coefficient (Wildman–Crippen LogP) is 3.13. The number of methoxy groups -OCH3 is 1. The fourth-order valence-electron chi connectivity index (χ4n) is 2.30. The van der Waals surface area contributed by atoms with E-state index in [0.717, 1.165) is 5.69 Å². The maximum absolute atomic E-state index is 12.7. The molecule has 3 aromatic rings. The van der Waals surface area contributed by atoms with Crippen molar-refractivity contribution in [3.63, 3.8) is 0 Å². The molecule has 0 saturated carbocycles. The third-order valence-corrected chi connectivity index (χ3v) is 3.46. The van der Waals surface area contributed by atoms with Gasteiger partial charge in [0.2, 0.25) is 0 Å². The lowest BCUT2D eigenvalue weighted by atomic mass is 10.1. The topological polar surface area (TPSA) is 78.3 Å². The molecular weight excluding hydrogens is 346 g/mol. The molecule has 134 valence electrons. The molecule has 1 aromatic heterocycles. The first-order valence-electron chi connectivity index (χ1n) is 7.46. The van der Waals surface area contributed by atoms with Crippen molar-refractivity contribution in [1.29, 1.82) is 0 Å². The van der Waals surface area contributed by atoms with Crippen LogP contribution >= 0.6 is 0 Å². The van der Waals surface area contributed by atoms with Gasteiger partial charge < -0.3 is 14.8 Å². The molecule has 0 atom stereocenters. The van der Waals surface area contributed by atoms with Gasteiger partial charge in [-0.3, -0.25) is 4.79 Å². The summed E-state index contributed by atoms with van der Waals surface area (Å²) in [6, 6.07) is 11.1. The highest BCUT2D eigenvalue weighted by Crippen LogP contribution is 2.33. The number of nitrogens with one attached hydrogen (secondary N) is 1. The highest BCUT2D eigenvalue weighted by atomic mass is 19.3. The van der Waals surface area contributed by atoms with Crippen LogP contribution in [0.2, 0.25) is 0 Å². The van der Waals surface area contributed by atoms with Gasteiger partial charge in [-0.2, -0.15) is 13.9 Å². The Morgan fingerprint density at radius 1 is 1.19 bits per heavy atom. The fourth-order valence-corrected chi connectivity index (χ4v) is 2.30. The van der Waals surface area contributed by atoms with Crippen LogP contribution in [0.5, 0.6) is 11.5 Å². The van der Waals surface area contributed by atoms with Gasteiger partial charge in [0, 0.05) is 5.69 Å². The van der Waals surface area contributed by atoms with E-state index in [2.05, 4.69) is 20.1 Å². The second kappa shape index (κ2) is 7.60. The summed E-state index contributed by atoms with van der Waals surface area (Å²) in [4.78, 5) is 16.3. The van der Waals surface area contributed by atoms with E-state index < -0.39 is 12.5 Å². The van der Waals surface area contributed by atoms with Crippen molar-refractivity contribution in [2.24, 2.45) is 0 Å². The lowest BCUT2D eigenvalue weighted by Gasteiger charge is -2.14. The Morgan fingerprint density at radius 2 is 1.96 bits per heavy atom. The van der Waals surface area contributed by atoms with Gasteiger partial charge in [0.1, 0.15) is 12.7 Å². The molecule has 26 heavy (non-hydrogen) atoms. The van der Waals surface area contributed by atoms with E-state index in [9.17, 15) is 13.6 Å². The molecule has 0 aliphatic carbocycles. The zero-order valence-corrected chi connectivity index (χ0v) is 13.6. The number of carbonyl (C=O) groups is 1. The first kappa shape index (κ1) is 17.3. The van der Waals surface area contributed by atoms with Crippen LogP contribution in [0, 0.1) is 0 Å². The molecule has 0 radical (unpaired) electrons. The number of carbonyl (C=O) groups excluding carboxylic acids is 1. The van der Waals surface area contributed by atoms with Crippen molar-refractivity contribution < 1.29 is 23.0 Å². The number of aromatic nitrogens is 3. The summed E-state index contributed by atoms with van der Waals surface area (Å²) in [5.41, 5.74) is 1.17. The van der Waals surface area contributed by atoms with E-state index in [1.165, 1.54) is 38.0 Å². The Balaban J connectivity index is 1.82. The van der Waals surface area contributed by atoms with Gasteiger partial charge >= 0.3 is 6.61 Å². The second-order valence-electron chi connectivity index (χ2n) is 5.06. The van der Waals surface area contributed by atoms with Crippen molar-refractivity contribution in [3.8, 4) is 17.2 Å². The lowest BCUT2D eigenvalue weighted by molar-refractivity contribution is -0.0515. The van der Waals surface area contributed by atoms with Crippen LogP contribution in [0.15, 0.2) is 55.1 Å². The van der Waals surface area contributed by atoms with Gasteiger partial charge in [0.05, 0.1) is 18.4 Å². The molecule has 0 aliphatic heterocycles. The number of rotatable bonds is 6. The second-order valence-corrected chi connectivity index (χ2v) is 5.06. The lowest BCUT2D eigenvalue weighted by Crippen LogP contribution is -2.15. The monoisotopic (exact) mass is 360 g/mol. The number of nitrogens with zero attached hydrogens (tertiary/aromatic N) is 3. The Morgan fingerprint density at radius 3 is 2.58 bits per heavy atom. The molecule has 1 heterocycles. The molecule has 1 amide bonds. The first-order valence-corrected chi connectivity index (χ1v) is 7.46. The van der Waals surface area contributed by atoms with E-state index >= 15 is 0 Å². The van der Waals surface area contributed by atoms with E-state index in [1.807, 2.05) is 0 Å². The molecule has 0 saturated heterocycles. The molecule has 0 spiro atoms. The van der Waals surface area contributed by atoms with Crippen LogP contribution in [-0.2, 0) is 0 Å². The Kier molecular flexibility index (Phi) is 5.07. The third kappa shape index (κ3) is 3.77. The van der Waals surface area contributed by atoms with E-state index in [1.54, 1.807) is 28.9 Å². The molecule has 0 unspecified atom stereocenters. The molecule has 2 aromatic carbocycles. The third-order valence-electron chi connectivity index (χ3n) is 3.46. The maximum atomic E-state index is 12.7. The highest BCUT2D eigenvalue weighted by Gasteiger charge is 2.20. The van der Waals surface area contributed by atoms with Gasteiger partial charge in [-0.15, -0.1) is 0 Å². The predicted molar refractivity (Wildman–Crippen MR) is 88.9 cm³/mol. The number of benzene rings is 2. The largest absolute Gasteiger partial charge is 0.493 e. The van der Waals surface area contributed by atoms with Crippen molar-refractivity contribution in [2.75, 3.05) is 12.4 Å². The van der Waals surface area contributed by atoms with Crippen molar-refractivity contribution in [1.82, 2.24) is 14.8 Å². The smallest absolute Gasteiger partial charge is 0.387 e. The Hall–Kier alpha value is -3.49. The Labute approximate surface area is 147 Å². The average molecular weight is 360 g/mol. The van der Waals surface area contributed by atoms with E-state index in [0.29, 0.717) is 5.69 Å². The minimum Gasteiger partial charge on any atom is -0.493 e. The van der Waals surface area contributed by atoms with Crippen LogP contribution < -0.4 is 14.8 Å². The number of anilines is 1. The van der Waals surface area contributed by atoms with Gasteiger partial charge in [0.25, 0.3) is 5.91 Å². The quantitative estimate of drug-likeness (QED) is 0.731. The van der Waals surface area contributed by atoms with Gasteiger partial charge in [0.15, 0.2) is 11.5 Å². The van der Waals surface area contributed by atoms with Crippen LogP contribution in [0.25, 0.3) is 5.69 Å². The minimum atomic E-state index is -3.08. The molecule has 9 heteroatoms. The normalized spacial score (nSPS) is 10.6. The zero-order chi connectivity index (χ0) is 18.5. The summed E-state index contributed by atoms with van der Waals surface area (Å²) < 4.78 is 36.3. The van der Waals surface area contributed by atoms with Gasteiger partial charge in [-0.25, -0.2) is 9.67 Å². The Bertz CT molecular complexity index is 884. The standard InChI is InChI=1S/C17H14F2N4O3/c1-25-14-4-2-3-13(15(14)26-17(18)19)16(24)22-11-5-7-12(8-6-11)23-10-20-9-21-23/h2-10,17H,1H3,(H,22,24). The van der Waals surface area contributed by atoms with Crippen LogP contribution in [0.3, 0.4) is 0 Å². The molecule has 0 bridgehead atoms. The average Bonchev–Trinajstić information content (AvgIpc) is 3.16.